The van der Waals surface area contributed by atoms with E-state index in [9.17, 15) is 4.79 Å². The molecule has 0 heterocycles. The van der Waals surface area contributed by atoms with E-state index >= 15 is 0 Å². The molecule has 1 aromatic carbocycles. The molecule has 0 amide bonds. The summed E-state index contributed by atoms with van der Waals surface area (Å²) in [6.45, 7) is 3.57. The summed E-state index contributed by atoms with van der Waals surface area (Å²) < 4.78 is 4.94. The van der Waals surface area contributed by atoms with E-state index < -0.39 is 5.97 Å². The topological polar surface area (TPSA) is 26.3 Å². The molecule has 2 nitrogen and oxygen atoms in total. The van der Waals surface area contributed by atoms with E-state index in [-0.39, 0.29) is 6.10 Å². The van der Waals surface area contributed by atoms with Crippen LogP contribution in [-0.2, 0) is 9.53 Å². The van der Waals surface area contributed by atoms with Crippen LogP contribution in [0, 0.1) is 0 Å². The predicted molar refractivity (Wildman–Crippen MR) is 66.7 cm³/mol. The number of hydrogen-bond donors (Lipinski definition) is 0. The van der Waals surface area contributed by atoms with E-state index in [0.29, 0.717) is 15.6 Å². The lowest BCUT2D eigenvalue weighted by Gasteiger charge is -2.04. The molecule has 16 heavy (non-hydrogen) atoms. The van der Waals surface area contributed by atoms with Crippen molar-refractivity contribution in [2.75, 3.05) is 0 Å². The third kappa shape index (κ3) is 3.87. The zero-order valence-electron chi connectivity index (χ0n) is 9.04. The monoisotopic (exact) mass is 258 g/mol. The smallest absolute Gasteiger partial charge is 0.331 e. The van der Waals surface area contributed by atoms with Gasteiger partial charge in [-0.3, -0.25) is 0 Å². The molecule has 0 unspecified atom stereocenters. The third-order valence-corrected chi connectivity index (χ3v) is 2.40. The number of hydrogen-bond acceptors (Lipinski definition) is 2. The fourth-order valence-corrected chi connectivity index (χ4v) is 1.62. The van der Waals surface area contributed by atoms with Crippen molar-refractivity contribution in [3.8, 4) is 0 Å². The van der Waals surface area contributed by atoms with E-state index in [1.807, 2.05) is 0 Å². The number of benzene rings is 1. The largest absolute Gasteiger partial charge is 0.460 e. The molecular formula is C12H12Cl2O2. The van der Waals surface area contributed by atoms with Gasteiger partial charge in [-0.15, -0.1) is 0 Å². The Bertz CT molecular complexity index is 391. The molecule has 86 valence electrons. The number of halogens is 2. The van der Waals surface area contributed by atoms with Gasteiger partial charge in [-0.1, -0.05) is 29.3 Å². The maximum Gasteiger partial charge on any atom is 0.331 e. The van der Waals surface area contributed by atoms with Crippen molar-refractivity contribution in [2.45, 2.75) is 20.0 Å². The molecule has 1 aromatic rings. The molecule has 0 saturated heterocycles. The molecule has 0 spiro atoms. The van der Waals surface area contributed by atoms with Crippen LogP contribution in [0.2, 0.25) is 10.0 Å². The first-order valence-corrected chi connectivity index (χ1v) is 5.59. The van der Waals surface area contributed by atoms with Gasteiger partial charge in [0, 0.05) is 21.7 Å². The summed E-state index contributed by atoms with van der Waals surface area (Å²) in [6.07, 6.45) is 2.72. The first-order chi connectivity index (χ1) is 7.50. The zero-order chi connectivity index (χ0) is 12.1. The Morgan fingerprint density at radius 3 is 2.38 bits per heavy atom. The van der Waals surface area contributed by atoms with Crippen LogP contribution in [-0.4, -0.2) is 12.1 Å². The number of esters is 1. The zero-order valence-corrected chi connectivity index (χ0v) is 10.5. The number of ether oxygens (including phenoxy) is 1. The van der Waals surface area contributed by atoms with Crippen LogP contribution in [0.5, 0.6) is 0 Å². The minimum absolute atomic E-state index is 0.140. The predicted octanol–water partition coefficient (Wildman–Crippen LogP) is 3.96. The molecule has 0 bridgehead atoms. The standard InChI is InChI=1S/C12H12Cl2O2/c1-8(2)16-12(15)7-6-9-10(13)4-3-5-11(9)14/h3-8H,1-2H3/b7-6+. The second-order valence-electron chi connectivity index (χ2n) is 3.45. The molecule has 0 atom stereocenters. The van der Waals surface area contributed by atoms with Gasteiger partial charge in [-0.05, 0) is 32.1 Å². The van der Waals surface area contributed by atoms with Crippen molar-refractivity contribution in [1.29, 1.82) is 0 Å². The summed E-state index contributed by atoms with van der Waals surface area (Å²) in [5.41, 5.74) is 0.617. The van der Waals surface area contributed by atoms with Gasteiger partial charge in [0.15, 0.2) is 0 Å². The van der Waals surface area contributed by atoms with Gasteiger partial charge in [0.25, 0.3) is 0 Å². The van der Waals surface area contributed by atoms with Crippen molar-refractivity contribution in [1.82, 2.24) is 0 Å². The second kappa shape index (κ2) is 5.92. The molecule has 0 N–H and O–H groups in total. The Morgan fingerprint density at radius 1 is 1.31 bits per heavy atom. The fraction of sp³-hybridized carbons (Fsp3) is 0.250. The van der Waals surface area contributed by atoms with Gasteiger partial charge in [0.2, 0.25) is 0 Å². The van der Waals surface area contributed by atoms with E-state index in [4.69, 9.17) is 27.9 Å². The number of carbonyl (C=O) groups is 1. The molecule has 0 aromatic heterocycles. The Kier molecular flexibility index (Phi) is 4.84. The maximum absolute atomic E-state index is 11.3. The van der Waals surface area contributed by atoms with Gasteiger partial charge in [-0.2, -0.15) is 0 Å². The van der Waals surface area contributed by atoms with Gasteiger partial charge in [-0.25, -0.2) is 4.79 Å². The van der Waals surface area contributed by atoms with Crippen LogP contribution < -0.4 is 0 Å². The fourth-order valence-electron chi connectivity index (χ4n) is 1.09. The lowest BCUT2D eigenvalue weighted by atomic mass is 10.2. The Morgan fingerprint density at radius 2 is 1.88 bits per heavy atom. The summed E-state index contributed by atoms with van der Waals surface area (Å²) in [7, 11) is 0. The SMILES string of the molecule is CC(C)OC(=O)/C=C/c1c(Cl)cccc1Cl. The van der Waals surface area contributed by atoms with E-state index in [1.165, 1.54) is 6.08 Å². The molecular weight excluding hydrogens is 247 g/mol. The number of carbonyl (C=O) groups excluding carboxylic acids is 1. The molecule has 0 radical (unpaired) electrons. The third-order valence-electron chi connectivity index (χ3n) is 1.74. The van der Waals surface area contributed by atoms with Crippen LogP contribution in [0.25, 0.3) is 6.08 Å². The normalized spacial score (nSPS) is 11.1. The van der Waals surface area contributed by atoms with Crippen molar-refractivity contribution < 1.29 is 9.53 Å². The van der Waals surface area contributed by atoms with Crippen LogP contribution in [0.3, 0.4) is 0 Å². The highest BCUT2D eigenvalue weighted by molar-refractivity contribution is 6.37. The maximum atomic E-state index is 11.3. The highest BCUT2D eigenvalue weighted by atomic mass is 35.5. The average Bonchev–Trinajstić information content (AvgIpc) is 2.15. The highest BCUT2D eigenvalue weighted by Gasteiger charge is 2.04. The van der Waals surface area contributed by atoms with Crippen molar-refractivity contribution in [3.63, 3.8) is 0 Å². The average molecular weight is 259 g/mol. The van der Waals surface area contributed by atoms with Crippen LogP contribution in [0.4, 0.5) is 0 Å². The van der Waals surface area contributed by atoms with Gasteiger partial charge in [0.05, 0.1) is 6.10 Å². The first-order valence-electron chi connectivity index (χ1n) is 4.83. The van der Waals surface area contributed by atoms with Crippen molar-refractivity contribution in [2.24, 2.45) is 0 Å². The first kappa shape index (κ1) is 13.1. The van der Waals surface area contributed by atoms with Crippen molar-refractivity contribution >= 4 is 35.2 Å². The lowest BCUT2D eigenvalue weighted by molar-refractivity contribution is -0.141. The number of rotatable bonds is 3. The minimum Gasteiger partial charge on any atom is -0.460 e. The summed E-state index contributed by atoms with van der Waals surface area (Å²) in [6, 6.07) is 5.16. The van der Waals surface area contributed by atoms with E-state index in [2.05, 4.69) is 0 Å². The Balaban J connectivity index is 2.80. The second-order valence-corrected chi connectivity index (χ2v) is 4.27. The van der Waals surface area contributed by atoms with Crippen LogP contribution >= 0.6 is 23.2 Å². The molecule has 0 aliphatic carbocycles. The molecule has 0 aliphatic heterocycles. The van der Waals surface area contributed by atoms with Gasteiger partial charge < -0.3 is 4.74 Å². The Labute approximate surface area is 105 Å². The van der Waals surface area contributed by atoms with Crippen LogP contribution in [0.15, 0.2) is 24.3 Å². The molecule has 0 saturated carbocycles. The molecule has 0 aliphatic rings. The van der Waals surface area contributed by atoms with E-state index in [1.54, 1.807) is 38.1 Å². The minimum atomic E-state index is -0.411. The molecule has 1 rings (SSSR count). The van der Waals surface area contributed by atoms with Gasteiger partial charge >= 0.3 is 5.97 Å². The molecule has 4 heteroatoms. The van der Waals surface area contributed by atoms with E-state index in [0.717, 1.165) is 0 Å². The van der Waals surface area contributed by atoms with Crippen molar-refractivity contribution in [3.05, 3.63) is 39.9 Å². The summed E-state index contributed by atoms with van der Waals surface area (Å²) >= 11 is 11.9. The lowest BCUT2D eigenvalue weighted by Crippen LogP contribution is -2.08. The Hall–Kier alpha value is -0.990. The summed E-state index contributed by atoms with van der Waals surface area (Å²) in [5.74, 6) is -0.411. The van der Waals surface area contributed by atoms with Crippen LogP contribution in [0.1, 0.15) is 19.4 Å². The summed E-state index contributed by atoms with van der Waals surface area (Å²) in [4.78, 5) is 11.3. The quantitative estimate of drug-likeness (QED) is 0.606. The summed E-state index contributed by atoms with van der Waals surface area (Å²) in [5, 5.41) is 1.00. The van der Waals surface area contributed by atoms with Gasteiger partial charge in [0.1, 0.15) is 0 Å². The highest BCUT2D eigenvalue weighted by Crippen LogP contribution is 2.25. The molecule has 0 fully saturated rings.